The zero-order valence-corrected chi connectivity index (χ0v) is 19.7. The topological polar surface area (TPSA) is 294 Å². The van der Waals surface area contributed by atoms with Gasteiger partial charge < -0.3 is 63.5 Å². The first-order valence-electron chi connectivity index (χ1n) is 10.4. The van der Waals surface area contributed by atoms with E-state index in [-0.39, 0.29) is 5.56 Å². The number of aliphatic carboxylic acids is 1. The van der Waals surface area contributed by atoms with Crippen LogP contribution in [-0.4, -0.2) is 90.5 Å². The first-order chi connectivity index (χ1) is 18.1. The van der Waals surface area contributed by atoms with Crippen molar-refractivity contribution in [1.82, 2.24) is 0 Å². The van der Waals surface area contributed by atoms with Crippen molar-refractivity contribution in [3.05, 3.63) is 34.5 Å². The Balaban J connectivity index is 1.98. The zero-order chi connectivity index (χ0) is 29.0. The van der Waals surface area contributed by atoms with Gasteiger partial charge in [-0.15, -0.1) is 0 Å². The predicted molar refractivity (Wildman–Crippen MR) is 120 cm³/mol. The maximum Gasteiger partial charge on any atom is 0.335 e. The fourth-order valence-corrected chi connectivity index (χ4v) is 4.06. The number of aliphatic hydroxyl groups excluding tert-OH is 3. The van der Waals surface area contributed by atoms with Crippen LogP contribution in [0.2, 0.25) is 0 Å². The molecule has 1 saturated heterocycles. The Kier molecular flexibility index (Phi) is 6.93. The van der Waals surface area contributed by atoms with E-state index in [2.05, 4.69) is 4.18 Å². The minimum Gasteiger partial charge on any atom is -0.716 e. The molecule has 1 fully saturated rings. The van der Waals surface area contributed by atoms with Crippen molar-refractivity contribution in [2.24, 2.45) is 0 Å². The number of fused-ring (bicyclic) bond motifs is 1. The molecule has 210 valence electrons. The van der Waals surface area contributed by atoms with Gasteiger partial charge in [0.1, 0.15) is 29.4 Å². The van der Waals surface area contributed by atoms with Gasteiger partial charge in [0.15, 0.2) is 34.7 Å². The van der Waals surface area contributed by atoms with Crippen molar-refractivity contribution in [2.75, 3.05) is 0 Å². The van der Waals surface area contributed by atoms with Crippen molar-refractivity contribution in [1.29, 1.82) is 0 Å². The average Bonchev–Trinajstić information content (AvgIpc) is 2.83. The van der Waals surface area contributed by atoms with Gasteiger partial charge in [-0.2, -0.15) is 0 Å². The van der Waals surface area contributed by atoms with E-state index in [9.17, 15) is 63.4 Å². The van der Waals surface area contributed by atoms with Crippen molar-refractivity contribution < 1.29 is 76.7 Å². The molecule has 0 spiro atoms. The van der Waals surface area contributed by atoms with Crippen LogP contribution in [0, 0.1) is 0 Å². The number of carbonyl (C=O) groups is 1. The number of aliphatic hydroxyl groups is 3. The lowest BCUT2D eigenvalue weighted by atomic mass is 9.99. The molecule has 0 amide bonds. The Labute approximate surface area is 215 Å². The molecule has 0 radical (unpaired) electrons. The quantitative estimate of drug-likeness (QED) is 0.0934. The van der Waals surface area contributed by atoms with Gasteiger partial charge in [0.2, 0.25) is 23.2 Å². The molecule has 0 saturated carbocycles. The number of aromatic hydroxyl groups is 4. The summed E-state index contributed by atoms with van der Waals surface area (Å²) in [5.41, 5.74) is -2.81. The number of carboxylic acid groups (broad SMARTS) is 1. The predicted octanol–water partition coefficient (Wildman–Crippen LogP) is -1.61. The molecule has 1 aliphatic rings. The number of benzene rings is 2. The SMILES string of the molecule is O=C(O)[C@H]1O[C@@H](Oc2c(O)cc(O)c3c(=O)c(OS(=O)(=O)[O-])c(-c4ccc(O)c(O)c4)oc23)[C@H](O)[C@@H](O)[C@@H]1O. The number of ether oxygens (including phenoxy) is 2. The molecule has 2 aromatic carbocycles. The summed E-state index contributed by atoms with van der Waals surface area (Å²) in [4.78, 5) is 24.6. The molecule has 17 nitrogen and oxygen atoms in total. The molecule has 0 unspecified atom stereocenters. The summed E-state index contributed by atoms with van der Waals surface area (Å²) in [6, 6.07) is 3.11. The minimum atomic E-state index is -5.65. The number of carboxylic acids is 1. The molecule has 4 rings (SSSR count). The van der Waals surface area contributed by atoms with E-state index in [1.165, 1.54) is 0 Å². The fourth-order valence-electron chi connectivity index (χ4n) is 3.71. The molecule has 1 aromatic heterocycles. The molecule has 1 aliphatic heterocycles. The highest BCUT2D eigenvalue weighted by atomic mass is 32.3. The van der Waals surface area contributed by atoms with E-state index in [4.69, 9.17) is 13.9 Å². The van der Waals surface area contributed by atoms with Crippen LogP contribution in [0.4, 0.5) is 0 Å². The van der Waals surface area contributed by atoms with Crippen LogP contribution in [0.15, 0.2) is 33.5 Å². The van der Waals surface area contributed by atoms with Crippen LogP contribution in [0.1, 0.15) is 0 Å². The molecule has 18 heteroatoms. The second-order valence-corrected chi connectivity index (χ2v) is 9.07. The summed E-state index contributed by atoms with van der Waals surface area (Å²) < 4.78 is 53.9. The Morgan fingerprint density at radius 3 is 2.15 bits per heavy atom. The van der Waals surface area contributed by atoms with Crippen molar-refractivity contribution in [3.8, 4) is 45.8 Å². The van der Waals surface area contributed by atoms with Gasteiger partial charge in [0, 0.05) is 11.6 Å². The van der Waals surface area contributed by atoms with Gasteiger partial charge in [-0.05, 0) is 18.2 Å². The summed E-state index contributed by atoms with van der Waals surface area (Å²) in [7, 11) is -5.65. The highest BCUT2D eigenvalue weighted by Crippen LogP contribution is 2.45. The first kappa shape index (κ1) is 27.7. The molecule has 0 aliphatic carbocycles. The van der Waals surface area contributed by atoms with Crippen molar-refractivity contribution in [2.45, 2.75) is 30.7 Å². The van der Waals surface area contributed by atoms with Gasteiger partial charge >= 0.3 is 5.97 Å². The largest absolute Gasteiger partial charge is 0.716 e. The second-order valence-electron chi connectivity index (χ2n) is 8.09. The smallest absolute Gasteiger partial charge is 0.335 e. The molecule has 0 bridgehead atoms. The van der Waals surface area contributed by atoms with Crippen LogP contribution >= 0.6 is 0 Å². The Bertz CT molecular complexity index is 1630. The van der Waals surface area contributed by atoms with Gasteiger partial charge in [-0.1, -0.05) is 0 Å². The standard InChI is InChI=1S/C21H18O17S/c22-6-2-1-5(3-7(6)23)15-18(38-39(32,33)34)11(26)10-8(24)4-9(25)16(17(10)35-15)36-21-14(29)12(27)13(28)19(37-21)20(30)31/h1-4,12-14,19,21-25,27-29H,(H,30,31)(H,32,33,34)/p-1/t12-,13-,14+,19-,21+/m0/s1. The molecule has 3 aromatic rings. The van der Waals surface area contributed by atoms with Crippen LogP contribution in [0.25, 0.3) is 22.3 Å². The molecule has 2 heterocycles. The number of phenols is 4. The van der Waals surface area contributed by atoms with Crippen LogP contribution in [0.5, 0.6) is 34.5 Å². The summed E-state index contributed by atoms with van der Waals surface area (Å²) in [6.45, 7) is 0. The Hall–Kier alpha value is -4.33. The van der Waals surface area contributed by atoms with Crippen LogP contribution < -0.4 is 14.3 Å². The Morgan fingerprint density at radius 1 is 0.897 bits per heavy atom. The molecular weight excluding hydrogens is 556 g/mol. The third-order valence-corrected chi connectivity index (χ3v) is 5.88. The van der Waals surface area contributed by atoms with Crippen LogP contribution in [0.3, 0.4) is 0 Å². The summed E-state index contributed by atoms with van der Waals surface area (Å²) >= 11 is 0. The zero-order valence-electron chi connectivity index (χ0n) is 18.9. The number of hydrogen-bond donors (Lipinski definition) is 8. The summed E-state index contributed by atoms with van der Waals surface area (Å²) in [6.07, 6.45) is -10.7. The van der Waals surface area contributed by atoms with Crippen molar-refractivity contribution in [3.63, 3.8) is 0 Å². The Morgan fingerprint density at radius 2 is 1.56 bits per heavy atom. The first-order valence-corrected chi connectivity index (χ1v) is 11.8. The monoisotopic (exact) mass is 573 g/mol. The average molecular weight is 573 g/mol. The number of phenolic OH excluding ortho intramolecular Hbond substituents is 4. The number of rotatable bonds is 6. The van der Waals surface area contributed by atoms with E-state index in [1.54, 1.807) is 0 Å². The van der Waals surface area contributed by atoms with Gasteiger partial charge in [-0.25, -0.2) is 13.2 Å². The second kappa shape index (κ2) is 9.76. The normalized spacial score (nSPS) is 23.4. The van der Waals surface area contributed by atoms with Gasteiger partial charge in [0.25, 0.3) is 10.4 Å². The summed E-state index contributed by atoms with van der Waals surface area (Å²) in [5, 5.41) is 78.5. The van der Waals surface area contributed by atoms with E-state index in [0.717, 1.165) is 18.2 Å². The number of hydrogen-bond acceptors (Lipinski definition) is 16. The van der Waals surface area contributed by atoms with Gasteiger partial charge in [-0.3, -0.25) is 4.79 Å². The maximum atomic E-state index is 13.2. The third kappa shape index (κ3) is 5.06. The van der Waals surface area contributed by atoms with E-state index in [1.807, 2.05) is 0 Å². The third-order valence-electron chi connectivity index (χ3n) is 5.51. The highest BCUT2D eigenvalue weighted by molar-refractivity contribution is 7.81. The molecule has 5 atom stereocenters. The van der Waals surface area contributed by atoms with Crippen molar-refractivity contribution >= 4 is 27.3 Å². The van der Waals surface area contributed by atoms with E-state index >= 15 is 0 Å². The minimum absolute atomic E-state index is 0.379. The van der Waals surface area contributed by atoms with Crippen LogP contribution in [-0.2, 0) is 19.9 Å². The lowest BCUT2D eigenvalue weighted by Crippen LogP contribution is -2.61. The van der Waals surface area contributed by atoms with Gasteiger partial charge in [0.05, 0.1) is 0 Å². The lowest BCUT2D eigenvalue weighted by Gasteiger charge is -2.38. The lowest BCUT2D eigenvalue weighted by molar-refractivity contribution is -0.271. The molecule has 8 N–H and O–H groups in total. The molecular formula is C21H17O17S-. The fraction of sp³-hybridized carbons (Fsp3) is 0.238. The van der Waals surface area contributed by atoms with E-state index < -0.39 is 104 Å². The highest BCUT2D eigenvalue weighted by Gasteiger charge is 2.48. The molecule has 39 heavy (non-hydrogen) atoms. The maximum absolute atomic E-state index is 13.2. The van der Waals surface area contributed by atoms with E-state index in [0.29, 0.717) is 6.07 Å². The summed E-state index contributed by atoms with van der Waals surface area (Å²) in [5.74, 6) is -8.45.